The zero-order chi connectivity index (χ0) is 17.1. The smallest absolute Gasteiger partial charge is 0.411 e. The number of hydrogen-bond donors (Lipinski definition) is 1. The molecule has 1 amide bonds. The molecule has 5 nitrogen and oxygen atoms in total. The lowest BCUT2D eigenvalue weighted by Gasteiger charge is -2.08. The van der Waals surface area contributed by atoms with Crippen molar-refractivity contribution >= 4 is 21.6 Å². The highest BCUT2D eigenvalue weighted by molar-refractivity contribution is 7.91. The quantitative estimate of drug-likeness (QED) is 0.641. The summed E-state index contributed by atoms with van der Waals surface area (Å²) in [5, 5.41) is 2.59. The maximum absolute atomic E-state index is 11.7. The number of amides is 1. The SMILES string of the molecule is CCCCCCCCOC(=O)Nc1ccc(S(=O)(=O)CC)cc1. The van der Waals surface area contributed by atoms with Crippen LogP contribution in [0.3, 0.4) is 0 Å². The second-order valence-corrected chi connectivity index (χ2v) is 7.73. The summed E-state index contributed by atoms with van der Waals surface area (Å²) in [7, 11) is -3.21. The summed E-state index contributed by atoms with van der Waals surface area (Å²) in [6, 6.07) is 6.10. The van der Waals surface area contributed by atoms with Crippen LogP contribution in [0.5, 0.6) is 0 Å². The van der Waals surface area contributed by atoms with Gasteiger partial charge >= 0.3 is 6.09 Å². The van der Waals surface area contributed by atoms with Crippen LogP contribution in [-0.2, 0) is 14.6 Å². The van der Waals surface area contributed by atoms with Crippen molar-refractivity contribution in [3.8, 4) is 0 Å². The number of benzene rings is 1. The van der Waals surface area contributed by atoms with Crippen LogP contribution in [0.15, 0.2) is 29.2 Å². The van der Waals surface area contributed by atoms with Crippen LogP contribution in [0.1, 0.15) is 52.4 Å². The molecule has 0 atom stereocenters. The van der Waals surface area contributed by atoms with Gasteiger partial charge in [-0.3, -0.25) is 5.32 Å². The lowest BCUT2D eigenvalue weighted by atomic mass is 10.1. The molecule has 0 aliphatic carbocycles. The van der Waals surface area contributed by atoms with E-state index < -0.39 is 15.9 Å². The Bertz CT molecular complexity index is 567. The van der Waals surface area contributed by atoms with Gasteiger partial charge in [0.05, 0.1) is 17.3 Å². The normalized spacial score (nSPS) is 11.2. The Labute approximate surface area is 139 Å². The second-order valence-electron chi connectivity index (χ2n) is 5.46. The van der Waals surface area contributed by atoms with Gasteiger partial charge < -0.3 is 4.74 Å². The molecule has 0 aliphatic heterocycles. The van der Waals surface area contributed by atoms with Crippen LogP contribution in [0.4, 0.5) is 10.5 Å². The van der Waals surface area contributed by atoms with Crippen LogP contribution < -0.4 is 5.32 Å². The van der Waals surface area contributed by atoms with Crippen molar-refractivity contribution in [3.05, 3.63) is 24.3 Å². The molecule has 0 saturated carbocycles. The molecule has 1 rings (SSSR count). The fourth-order valence-corrected chi connectivity index (χ4v) is 3.00. The molecule has 0 fully saturated rings. The number of rotatable bonds is 10. The summed E-state index contributed by atoms with van der Waals surface area (Å²) >= 11 is 0. The van der Waals surface area contributed by atoms with Gasteiger partial charge in [-0.25, -0.2) is 13.2 Å². The van der Waals surface area contributed by atoms with Crippen molar-refractivity contribution in [1.29, 1.82) is 0 Å². The molecular weight excluding hydrogens is 314 g/mol. The molecule has 130 valence electrons. The van der Waals surface area contributed by atoms with Crippen molar-refractivity contribution in [2.24, 2.45) is 0 Å². The highest BCUT2D eigenvalue weighted by Gasteiger charge is 2.11. The summed E-state index contributed by atoms with van der Waals surface area (Å²) in [5.41, 5.74) is 0.521. The van der Waals surface area contributed by atoms with Crippen LogP contribution in [-0.4, -0.2) is 26.9 Å². The summed E-state index contributed by atoms with van der Waals surface area (Å²) in [4.78, 5) is 11.9. The Morgan fingerprint density at radius 2 is 1.61 bits per heavy atom. The number of hydrogen-bond acceptors (Lipinski definition) is 4. The van der Waals surface area contributed by atoms with Crippen molar-refractivity contribution in [1.82, 2.24) is 0 Å². The maximum atomic E-state index is 11.7. The number of carbonyl (C=O) groups excluding carboxylic acids is 1. The van der Waals surface area contributed by atoms with Crippen molar-refractivity contribution in [2.75, 3.05) is 17.7 Å². The predicted molar refractivity (Wildman–Crippen MR) is 92.5 cm³/mol. The topological polar surface area (TPSA) is 72.5 Å². The highest BCUT2D eigenvalue weighted by Crippen LogP contribution is 2.15. The van der Waals surface area contributed by atoms with E-state index in [1.807, 2.05) is 0 Å². The zero-order valence-electron chi connectivity index (χ0n) is 14.0. The summed E-state index contributed by atoms with van der Waals surface area (Å²) in [5.74, 6) is 0.0556. The molecule has 0 unspecified atom stereocenters. The van der Waals surface area contributed by atoms with Gasteiger partial charge in [-0.05, 0) is 30.7 Å². The first kappa shape index (κ1) is 19.5. The van der Waals surface area contributed by atoms with Gasteiger partial charge in [-0.2, -0.15) is 0 Å². The van der Waals surface area contributed by atoms with Gasteiger partial charge in [0.1, 0.15) is 0 Å². The first-order valence-electron chi connectivity index (χ1n) is 8.26. The molecular formula is C17H27NO4S. The second kappa shape index (κ2) is 10.3. The molecule has 0 aromatic heterocycles. The first-order chi connectivity index (χ1) is 11.0. The van der Waals surface area contributed by atoms with E-state index in [0.717, 1.165) is 12.8 Å². The molecule has 1 N–H and O–H groups in total. The van der Waals surface area contributed by atoms with Gasteiger partial charge in [-0.1, -0.05) is 46.0 Å². The van der Waals surface area contributed by atoms with Crippen molar-refractivity contribution in [3.63, 3.8) is 0 Å². The monoisotopic (exact) mass is 341 g/mol. The van der Waals surface area contributed by atoms with E-state index in [4.69, 9.17) is 4.74 Å². The molecule has 6 heteroatoms. The Balaban J connectivity index is 2.29. The first-order valence-corrected chi connectivity index (χ1v) is 9.91. The molecule has 0 radical (unpaired) electrons. The highest BCUT2D eigenvalue weighted by atomic mass is 32.2. The number of anilines is 1. The van der Waals surface area contributed by atoms with Gasteiger partial charge in [0.15, 0.2) is 9.84 Å². The molecule has 0 bridgehead atoms. The lowest BCUT2D eigenvalue weighted by Crippen LogP contribution is -2.14. The average molecular weight is 341 g/mol. The van der Waals surface area contributed by atoms with E-state index >= 15 is 0 Å². The van der Waals surface area contributed by atoms with E-state index in [0.29, 0.717) is 12.3 Å². The molecule has 0 heterocycles. The van der Waals surface area contributed by atoms with Gasteiger partial charge in [0.25, 0.3) is 0 Å². The summed E-state index contributed by atoms with van der Waals surface area (Å²) in [6.07, 6.45) is 6.30. The molecule has 23 heavy (non-hydrogen) atoms. The maximum Gasteiger partial charge on any atom is 0.411 e. The number of sulfone groups is 1. The fourth-order valence-electron chi connectivity index (χ4n) is 2.11. The molecule has 1 aromatic carbocycles. The summed E-state index contributed by atoms with van der Waals surface area (Å²) < 4.78 is 28.5. The van der Waals surface area contributed by atoms with Gasteiger partial charge in [0, 0.05) is 5.69 Å². The van der Waals surface area contributed by atoms with Crippen LogP contribution in [0.2, 0.25) is 0 Å². The Morgan fingerprint density at radius 3 is 2.22 bits per heavy atom. The molecule has 0 aliphatic rings. The third kappa shape index (κ3) is 7.50. The largest absolute Gasteiger partial charge is 0.449 e. The van der Waals surface area contributed by atoms with E-state index in [1.54, 1.807) is 19.1 Å². The summed E-state index contributed by atoms with van der Waals surface area (Å²) in [6.45, 7) is 4.18. The third-order valence-corrected chi connectivity index (χ3v) is 5.32. The number of ether oxygens (including phenoxy) is 1. The van der Waals surface area contributed by atoms with Crippen molar-refractivity contribution < 1.29 is 17.9 Å². The third-order valence-electron chi connectivity index (χ3n) is 3.57. The van der Waals surface area contributed by atoms with E-state index in [1.165, 1.54) is 37.8 Å². The van der Waals surface area contributed by atoms with Gasteiger partial charge in [0.2, 0.25) is 0 Å². The van der Waals surface area contributed by atoms with Crippen molar-refractivity contribution in [2.45, 2.75) is 57.3 Å². The van der Waals surface area contributed by atoms with Gasteiger partial charge in [-0.15, -0.1) is 0 Å². The van der Waals surface area contributed by atoms with E-state index in [-0.39, 0.29) is 10.6 Å². The molecule has 0 spiro atoms. The Kier molecular flexibility index (Phi) is 8.69. The Morgan fingerprint density at radius 1 is 1.00 bits per heavy atom. The predicted octanol–water partition coefficient (Wildman–Crippen LogP) is 4.39. The van der Waals surface area contributed by atoms with Crippen LogP contribution in [0.25, 0.3) is 0 Å². The zero-order valence-corrected chi connectivity index (χ0v) is 14.8. The average Bonchev–Trinajstić information content (AvgIpc) is 2.54. The minimum Gasteiger partial charge on any atom is -0.449 e. The standard InChI is InChI=1S/C17H27NO4S/c1-3-5-6-7-8-9-14-22-17(19)18-15-10-12-16(13-11-15)23(20,21)4-2/h10-13H,3-9,14H2,1-2H3,(H,18,19). The van der Waals surface area contributed by atoms with Crippen LogP contribution >= 0.6 is 0 Å². The number of unbranched alkanes of at least 4 members (excludes halogenated alkanes) is 5. The minimum absolute atomic E-state index is 0.0556. The molecule has 1 aromatic rings. The van der Waals surface area contributed by atoms with E-state index in [2.05, 4.69) is 12.2 Å². The van der Waals surface area contributed by atoms with Crippen LogP contribution in [0, 0.1) is 0 Å². The number of nitrogens with one attached hydrogen (secondary N) is 1. The Hall–Kier alpha value is -1.56. The number of carbonyl (C=O) groups is 1. The lowest BCUT2D eigenvalue weighted by molar-refractivity contribution is 0.159. The minimum atomic E-state index is -3.21. The van der Waals surface area contributed by atoms with E-state index in [9.17, 15) is 13.2 Å². The fraction of sp³-hybridized carbons (Fsp3) is 0.588. The molecule has 0 saturated heterocycles.